The molecule has 1 N–H and O–H groups in total. The first-order valence-electron chi connectivity index (χ1n) is 14.1. The number of benzene rings is 4. The van der Waals surface area contributed by atoms with Crippen LogP contribution in [0.2, 0.25) is 0 Å². The van der Waals surface area contributed by atoms with E-state index in [0.29, 0.717) is 42.6 Å². The predicted molar refractivity (Wildman–Crippen MR) is 161 cm³/mol. The minimum absolute atomic E-state index is 0.205. The molecular formula is C35H36FNO5. The van der Waals surface area contributed by atoms with E-state index >= 15 is 0 Å². The first-order valence-corrected chi connectivity index (χ1v) is 14.1. The highest BCUT2D eigenvalue weighted by Crippen LogP contribution is 2.22. The van der Waals surface area contributed by atoms with Gasteiger partial charge in [-0.15, -0.1) is 0 Å². The second-order valence-corrected chi connectivity index (χ2v) is 10.1. The van der Waals surface area contributed by atoms with Crippen LogP contribution in [-0.4, -0.2) is 37.7 Å². The molecule has 4 aromatic rings. The maximum atomic E-state index is 13.2. The molecule has 0 spiro atoms. The van der Waals surface area contributed by atoms with Crippen LogP contribution >= 0.6 is 0 Å². The topological polar surface area (TPSA) is 73.9 Å². The third-order valence-corrected chi connectivity index (χ3v) is 6.70. The molecule has 0 radical (unpaired) electrons. The third kappa shape index (κ3) is 8.67. The zero-order chi connectivity index (χ0) is 29.9. The summed E-state index contributed by atoms with van der Waals surface area (Å²) in [6.45, 7) is 6.91. The zero-order valence-corrected chi connectivity index (χ0v) is 24.1. The summed E-state index contributed by atoms with van der Waals surface area (Å²) >= 11 is 0. The first-order chi connectivity index (χ1) is 20.3. The second kappa shape index (κ2) is 14.8. The van der Waals surface area contributed by atoms with Crippen molar-refractivity contribution < 1.29 is 28.2 Å². The van der Waals surface area contributed by atoms with E-state index in [1.165, 1.54) is 17.7 Å². The molecule has 0 aliphatic rings. The number of nitrogens with one attached hydrogen (secondary N) is 1. The Morgan fingerprint density at radius 1 is 0.786 bits per heavy atom. The number of hydrogen-bond acceptors (Lipinski definition) is 5. The summed E-state index contributed by atoms with van der Waals surface area (Å²) in [4.78, 5) is 25.1. The number of carbonyl (C=O) groups is 2. The Bertz CT molecular complexity index is 1430. The molecule has 7 heteroatoms. The van der Waals surface area contributed by atoms with E-state index in [1.54, 1.807) is 31.2 Å². The molecular weight excluding hydrogens is 533 g/mol. The molecule has 1 amide bonds. The van der Waals surface area contributed by atoms with Crippen LogP contribution in [-0.2, 0) is 16.0 Å². The maximum absolute atomic E-state index is 13.2. The van der Waals surface area contributed by atoms with Crippen molar-refractivity contribution in [3.05, 3.63) is 120 Å². The molecule has 0 saturated carbocycles. The van der Waals surface area contributed by atoms with Crippen molar-refractivity contribution in [2.45, 2.75) is 39.2 Å². The summed E-state index contributed by atoms with van der Waals surface area (Å²) in [6, 6.07) is 28.5. The summed E-state index contributed by atoms with van der Waals surface area (Å²) in [5.41, 5.74) is 4.40. The molecule has 1 atom stereocenters. The van der Waals surface area contributed by atoms with Crippen molar-refractivity contribution in [1.29, 1.82) is 0 Å². The molecule has 1 unspecified atom stereocenters. The molecule has 0 aliphatic carbocycles. The van der Waals surface area contributed by atoms with Gasteiger partial charge in [0.15, 0.2) is 6.10 Å². The summed E-state index contributed by atoms with van der Waals surface area (Å²) in [5, 5.41) is 2.85. The highest BCUT2D eigenvalue weighted by atomic mass is 19.1. The van der Waals surface area contributed by atoms with E-state index in [9.17, 15) is 14.0 Å². The van der Waals surface area contributed by atoms with Crippen LogP contribution in [0.15, 0.2) is 97.1 Å². The van der Waals surface area contributed by atoms with E-state index in [0.717, 1.165) is 16.7 Å². The molecule has 0 aliphatic heterocycles. The molecule has 6 nitrogen and oxygen atoms in total. The second-order valence-electron chi connectivity index (χ2n) is 10.1. The third-order valence-electron chi connectivity index (χ3n) is 6.70. The summed E-state index contributed by atoms with van der Waals surface area (Å²) in [7, 11) is 0. The first kappa shape index (κ1) is 30.3. The van der Waals surface area contributed by atoms with Gasteiger partial charge in [-0.25, -0.2) is 9.18 Å². The van der Waals surface area contributed by atoms with Crippen molar-refractivity contribution in [3.8, 4) is 22.6 Å². The van der Waals surface area contributed by atoms with Crippen molar-refractivity contribution in [3.63, 3.8) is 0 Å². The predicted octanol–water partition coefficient (Wildman–Crippen LogP) is 6.98. The van der Waals surface area contributed by atoms with Crippen LogP contribution in [0.3, 0.4) is 0 Å². The number of esters is 1. The van der Waals surface area contributed by atoms with Crippen LogP contribution in [0.4, 0.5) is 4.39 Å². The number of halogens is 1. The quantitative estimate of drug-likeness (QED) is 0.139. The largest absolute Gasteiger partial charge is 0.492 e. The average Bonchev–Trinajstić information content (AvgIpc) is 3.00. The molecule has 0 aromatic heterocycles. The van der Waals surface area contributed by atoms with Gasteiger partial charge in [-0.2, -0.15) is 0 Å². The van der Waals surface area contributed by atoms with E-state index in [-0.39, 0.29) is 18.3 Å². The van der Waals surface area contributed by atoms with Gasteiger partial charge in [-0.05, 0) is 83.6 Å². The SMILES string of the molecule is CCOC(=O)C(Cc1ccc(OCCNC(=O)c2ccc(-c3ccc(F)cc3)cc2)cc1)Oc1ccc(C(C)C)cc1. The lowest BCUT2D eigenvalue weighted by atomic mass is 10.0. The molecule has 218 valence electrons. The monoisotopic (exact) mass is 569 g/mol. The van der Waals surface area contributed by atoms with Crippen molar-refractivity contribution in [2.24, 2.45) is 0 Å². The lowest BCUT2D eigenvalue weighted by molar-refractivity contribution is -0.151. The fourth-order valence-electron chi connectivity index (χ4n) is 4.33. The fourth-order valence-corrected chi connectivity index (χ4v) is 4.33. The number of amides is 1. The van der Waals surface area contributed by atoms with E-state index in [2.05, 4.69) is 19.2 Å². The molecule has 4 rings (SSSR count). The van der Waals surface area contributed by atoms with Gasteiger partial charge in [0, 0.05) is 12.0 Å². The Kier molecular flexibility index (Phi) is 10.7. The molecule has 0 heterocycles. The normalized spacial score (nSPS) is 11.5. The lowest BCUT2D eigenvalue weighted by Gasteiger charge is -2.18. The minimum Gasteiger partial charge on any atom is -0.492 e. The highest BCUT2D eigenvalue weighted by molar-refractivity contribution is 5.94. The van der Waals surface area contributed by atoms with E-state index < -0.39 is 12.1 Å². The Morgan fingerprint density at radius 2 is 1.38 bits per heavy atom. The lowest BCUT2D eigenvalue weighted by Crippen LogP contribution is -2.31. The molecule has 0 saturated heterocycles. The number of hydrogen-bond donors (Lipinski definition) is 1. The minimum atomic E-state index is -0.776. The standard InChI is InChI=1S/C35H36FNO5/c1-4-40-35(39)33(42-32-19-13-26(14-20-32)24(2)3)23-25-5-17-31(18-6-25)41-22-21-37-34(38)29-9-7-27(8-10-29)28-11-15-30(36)16-12-28/h5-20,24,33H,4,21-23H2,1-3H3,(H,37,38). The number of ether oxygens (including phenoxy) is 3. The van der Waals surface area contributed by atoms with Gasteiger partial charge < -0.3 is 19.5 Å². The molecule has 4 aromatic carbocycles. The Hall–Kier alpha value is -4.65. The van der Waals surface area contributed by atoms with Gasteiger partial charge in [0.05, 0.1) is 13.2 Å². The van der Waals surface area contributed by atoms with Crippen LogP contribution in [0.25, 0.3) is 11.1 Å². The van der Waals surface area contributed by atoms with E-state index in [4.69, 9.17) is 14.2 Å². The molecule has 0 bridgehead atoms. The van der Waals surface area contributed by atoms with Crippen molar-refractivity contribution in [1.82, 2.24) is 5.32 Å². The van der Waals surface area contributed by atoms with Gasteiger partial charge in [0.25, 0.3) is 5.91 Å². The van der Waals surface area contributed by atoms with Crippen molar-refractivity contribution in [2.75, 3.05) is 19.8 Å². The average molecular weight is 570 g/mol. The van der Waals surface area contributed by atoms with Gasteiger partial charge in [0.2, 0.25) is 0 Å². The van der Waals surface area contributed by atoms with Gasteiger partial charge in [-0.1, -0.05) is 62.4 Å². The zero-order valence-electron chi connectivity index (χ0n) is 24.1. The molecule has 0 fully saturated rings. The summed E-state index contributed by atoms with van der Waals surface area (Å²) < 4.78 is 30.2. The van der Waals surface area contributed by atoms with Crippen LogP contribution in [0.5, 0.6) is 11.5 Å². The highest BCUT2D eigenvalue weighted by Gasteiger charge is 2.22. The van der Waals surface area contributed by atoms with Crippen molar-refractivity contribution >= 4 is 11.9 Å². The van der Waals surface area contributed by atoms with Gasteiger partial charge in [-0.3, -0.25) is 4.79 Å². The summed E-state index contributed by atoms with van der Waals surface area (Å²) in [5.74, 6) is 0.765. The summed E-state index contributed by atoms with van der Waals surface area (Å²) in [6.07, 6.45) is -0.428. The Morgan fingerprint density at radius 3 is 1.98 bits per heavy atom. The van der Waals surface area contributed by atoms with Gasteiger partial charge in [0.1, 0.15) is 23.9 Å². The van der Waals surface area contributed by atoms with Crippen LogP contribution < -0.4 is 14.8 Å². The van der Waals surface area contributed by atoms with Crippen LogP contribution in [0.1, 0.15) is 48.2 Å². The fraction of sp³-hybridized carbons (Fsp3) is 0.257. The number of carbonyl (C=O) groups excluding carboxylic acids is 2. The smallest absolute Gasteiger partial charge is 0.347 e. The Labute approximate surface area is 246 Å². The number of rotatable bonds is 13. The molecule has 42 heavy (non-hydrogen) atoms. The van der Waals surface area contributed by atoms with E-state index in [1.807, 2.05) is 60.7 Å². The Balaban J connectivity index is 1.25. The van der Waals surface area contributed by atoms with Crippen LogP contribution in [0, 0.1) is 5.82 Å². The maximum Gasteiger partial charge on any atom is 0.347 e. The van der Waals surface area contributed by atoms with Gasteiger partial charge >= 0.3 is 5.97 Å².